The number of carbonyl (C=O) groups is 1. The Morgan fingerprint density at radius 2 is 2.38 bits per heavy atom. The fourth-order valence-electron chi connectivity index (χ4n) is 1.21. The number of rotatable bonds is 3. The van der Waals surface area contributed by atoms with E-state index >= 15 is 0 Å². The van der Waals surface area contributed by atoms with Crippen LogP contribution in [0.1, 0.15) is 20.2 Å². The summed E-state index contributed by atoms with van der Waals surface area (Å²) >= 11 is 6.37. The SMILES string of the molecule is Cc1ncsc1C(=O)NCc1cc(Br)cs1. The lowest BCUT2D eigenvalue weighted by Crippen LogP contribution is -2.22. The van der Waals surface area contributed by atoms with Gasteiger partial charge in [-0.3, -0.25) is 4.79 Å². The Morgan fingerprint density at radius 3 is 2.94 bits per heavy atom. The lowest BCUT2D eigenvalue weighted by atomic mass is 10.3. The van der Waals surface area contributed by atoms with Crippen molar-refractivity contribution < 1.29 is 4.79 Å². The minimum absolute atomic E-state index is 0.0514. The van der Waals surface area contributed by atoms with Gasteiger partial charge in [-0.15, -0.1) is 22.7 Å². The average Bonchev–Trinajstić information content (AvgIpc) is 2.84. The van der Waals surface area contributed by atoms with Crippen LogP contribution in [0.15, 0.2) is 21.4 Å². The highest BCUT2D eigenvalue weighted by Crippen LogP contribution is 2.19. The molecule has 0 aliphatic heterocycles. The van der Waals surface area contributed by atoms with Crippen LogP contribution in [-0.4, -0.2) is 10.9 Å². The van der Waals surface area contributed by atoms with E-state index < -0.39 is 0 Å². The van der Waals surface area contributed by atoms with Crippen LogP contribution in [-0.2, 0) is 6.54 Å². The van der Waals surface area contributed by atoms with Crippen LogP contribution in [0.25, 0.3) is 0 Å². The first-order valence-corrected chi connectivity index (χ1v) is 7.13. The molecule has 0 unspecified atom stereocenters. The third-order valence-corrected chi connectivity index (χ3v) is 4.62. The number of thiophene rings is 1. The molecule has 84 valence electrons. The fourth-order valence-corrected chi connectivity index (χ4v) is 3.32. The number of nitrogens with zero attached hydrogens (tertiary/aromatic N) is 1. The summed E-state index contributed by atoms with van der Waals surface area (Å²) in [7, 11) is 0. The van der Waals surface area contributed by atoms with E-state index in [0.29, 0.717) is 11.4 Å². The predicted molar refractivity (Wildman–Crippen MR) is 70.0 cm³/mol. The molecule has 2 aromatic rings. The lowest BCUT2D eigenvalue weighted by molar-refractivity contribution is 0.0954. The standard InChI is InChI=1S/C10H9BrN2OS2/c1-6-9(16-5-13-6)10(14)12-3-8-2-7(11)4-15-8/h2,4-5H,3H2,1H3,(H,12,14). The molecule has 16 heavy (non-hydrogen) atoms. The number of hydrogen-bond donors (Lipinski definition) is 1. The summed E-state index contributed by atoms with van der Waals surface area (Å²) in [5.74, 6) is -0.0514. The topological polar surface area (TPSA) is 42.0 Å². The molecule has 0 bridgehead atoms. The van der Waals surface area contributed by atoms with Crippen LogP contribution >= 0.6 is 38.6 Å². The van der Waals surface area contributed by atoms with E-state index in [1.807, 2.05) is 18.4 Å². The highest BCUT2D eigenvalue weighted by Gasteiger charge is 2.11. The van der Waals surface area contributed by atoms with Gasteiger partial charge in [0.2, 0.25) is 0 Å². The van der Waals surface area contributed by atoms with Gasteiger partial charge >= 0.3 is 0 Å². The smallest absolute Gasteiger partial charge is 0.263 e. The molecule has 0 fully saturated rings. The summed E-state index contributed by atoms with van der Waals surface area (Å²) in [5, 5.41) is 4.88. The highest BCUT2D eigenvalue weighted by molar-refractivity contribution is 9.10. The van der Waals surface area contributed by atoms with Crippen molar-refractivity contribution >= 4 is 44.5 Å². The van der Waals surface area contributed by atoms with Crippen LogP contribution < -0.4 is 5.32 Å². The van der Waals surface area contributed by atoms with Gasteiger partial charge in [0.05, 0.1) is 17.7 Å². The van der Waals surface area contributed by atoms with Gasteiger partial charge in [0.15, 0.2) is 0 Å². The Balaban J connectivity index is 1.96. The molecule has 2 aromatic heterocycles. The summed E-state index contributed by atoms with van der Waals surface area (Å²) in [6.07, 6.45) is 0. The maximum atomic E-state index is 11.8. The van der Waals surface area contributed by atoms with Crippen LogP contribution in [0.3, 0.4) is 0 Å². The molecule has 0 saturated heterocycles. The first kappa shape index (κ1) is 11.8. The average molecular weight is 317 g/mol. The lowest BCUT2D eigenvalue weighted by Gasteiger charge is -2.01. The van der Waals surface area contributed by atoms with Crippen molar-refractivity contribution in [2.24, 2.45) is 0 Å². The summed E-state index contributed by atoms with van der Waals surface area (Å²) < 4.78 is 1.05. The Bertz CT molecular complexity index is 506. The van der Waals surface area contributed by atoms with Crippen molar-refractivity contribution in [3.05, 3.63) is 36.9 Å². The molecule has 0 radical (unpaired) electrons. The van der Waals surface area contributed by atoms with E-state index in [1.54, 1.807) is 16.8 Å². The largest absolute Gasteiger partial charge is 0.346 e. The van der Waals surface area contributed by atoms with Gasteiger partial charge < -0.3 is 5.32 Å². The van der Waals surface area contributed by atoms with Crippen LogP contribution in [0.5, 0.6) is 0 Å². The molecule has 1 amide bonds. The number of halogens is 1. The van der Waals surface area contributed by atoms with Crippen molar-refractivity contribution in [1.82, 2.24) is 10.3 Å². The zero-order valence-corrected chi connectivity index (χ0v) is 11.7. The number of hydrogen-bond acceptors (Lipinski definition) is 4. The number of aromatic nitrogens is 1. The Labute approximate surface area is 110 Å². The second-order valence-electron chi connectivity index (χ2n) is 3.18. The molecule has 0 saturated carbocycles. The maximum absolute atomic E-state index is 11.8. The summed E-state index contributed by atoms with van der Waals surface area (Å²) in [6.45, 7) is 2.40. The van der Waals surface area contributed by atoms with Gasteiger partial charge in [-0.05, 0) is 28.9 Å². The second-order valence-corrected chi connectivity index (χ2v) is 5.95. The van der Waals surface area contributed by atoms with Gasteiger partial charge in [-0.25, -0.2) is 4.98 Å². The maximum Gasteiger partial charge on any atom is 0.263 e. The van der Waals surface area contributed by atoms with Gasteiger partial charge in [-0.2, -0.15) is 0 Å². The minimum atomic E-state index is -0.0514. The minimum Gasteiger partial charge on any atom is -0.346 e. The van der Waals surface area contributed by atoms with Crippen LogP contribution in [0.4, 0.5) is 0 Å². The molecule has 0 spiro atoms. The Kier molecular flexibility index (Phi) is 3.73. The third kappa shape index (κ3) is 2.69. The molecular weight excluding hydrogens is 308 g/mol. The van der Waals surface area contributed by atoms with Crippen LogP contribution in [0.2, 0.25) is 0 Å². The van der Waals surface area contributed by atoms with Gasteiger partial charge in [0, 0.05) is 14.7 Å². The number of amides is 1. The molecule has 6 heteroatoms. The predicted octanol–water partition coefficient (Wildman–Crippen LogP) is 3.21. The van der Waals surface area contributed by atoms with Gasteiger partial charge in [0.25, 0.3) is 5.91 Å². The number of nitrogens with one attached hydrogen (secondary N) is 1. The highest BCUT2D eigenvalue weighted by atomic mass is 79.9. The molecule has 1 N–H and O–H groups in total. The van der Waals surface area contributed by atoms with E-state index in [4.69, 9.17) is 0 Å². The molecule has 0 aliphatic rings. The number of thiazole rings is 1. The summed E-state index contributed by atoms with van der Waals surface area (Å²) in [5.41, 5.74) is 2.47. The molecular formula is C10H9BrN2OS2. The number of aryl methyl sites for hydroxylation is 1. The molecule has 0 aliphatic carbocycles. The quantitative estimate of drug-likeness (QED) is 0.944. The molecule has 2 rings (SSSR count). The fraction of sp³-hybridized carbons (Fsp3) is 0.200. The third-order valence-electron chi connectivity index (χ3n) is 2.00. The van der Waals surface area contributed by atoms with Gasteiger partial charge in [-0.1, -0.05) is 0 Å². The zero-order valence-electron chi connectivity index (χ0n) is 8.49. The van der Waals surface area contributed by atoms with E-state index in [1.165, 1.54) is 11.3 Å². The molecule has 0 aromatic carbocycles. The van der Waals surface area contributed by atoms with Crippen molar-refractivity contribution in [2.75, 3.05) is 0 Å². The molecule has 0 atom stereocenters. The van der Waals surface area contributed by atoms with E-state index in [2.05, 4.69) is 26.2 Å². The summed E-state index contributed by atoms with van der Waals surface area (Å²) in [6, 6.07) is 2.00. The zero-order chi connectivity index (χ0) is 11.5. The Morgan fingerprint density at radius 1 is 1.56 bits per heavy atom. The van der Waals surface area contributed by atoms with Crippen molar-refractivity contribution in [3.8, 4) is 0 Å². The molecule has 2 heterocycles. The number of carbonyl (C=O) groups excluding carboxylic acids is 1. The Hall–Kier alpha value is -0.720. The van der Waals surface area contributed by atoms with E-state index in [-0.39, 0.29) is 5.91 Å². The van der Waals surface area contributed by atoms with Crippen molar-refractivity contribution in [1.29, 1.82) is 0 Å². The monoisotopic (exact) mass is 316 g/mol. The normalized spacial score (nSPS) is 10.4. The molecule has 3 nitrogen and oxygen atoms in total. The van der Waals surface area contributed by atoms with Gasteiger partial charge in [0.1, 0.15) is 4.88 Å². The first-order chi connectivity index (χ1) is 7.66. The van der Waals surface area contributed by atoms with E-state index in [0.717, 1.165) is 15.0 Å². The van der Waals surface area contributed by atoms with Crippen molar-refractivity contribution in [3.63, 3.8) is 0 Å². The van der Waals surface area contributed by atoms with Crippen molar-refractivity contribution in [2.45, 2.75) is 13.5 Å². The van der Waals surface area contributed by atoms with E-state index in [9.17, 15) is 4.79 Å². The second kappa shape index (κ2) is 5.07. The summed E-state index contributed by atoms with van der Waals surface area (Å²) in [4.78, 5) is 17.6. The van der Waals surface area contributed by atoms with Crippen LogP contribution in [0, 0.1) is 6.92 Å². The first-order valence-electron chi connectivity index (χ1n) is 4.58.